The maximum Gasteiger partial charge on any atom is 0.338 e. The molecule has 1 aliphatic heterocycles. The maximum atomic E-state index is 12.3. The molecule has 24 heavy (non-hydrogen) atoms. The molecule has 5 heteroatoms. The van der Waals surface area contributed by atoms with Crippen LogP contribution in [0.4, 0.5) is 0 Å². The molecule has 5 nitrogen and oxygen atoms in total. The van der Waals surface area contributed by atoms with Gasteiger partial charge in [-0.05, 0) is 56.8 Å². The van der Waals surface area contributed by atoms with Gasteiger partial charge in [0.05, 0.1) is 5.92 Å². The van der Waals surface area contributed by atoms with Gasteiger partial charge in [-0.15, -0.1) is 0 Å². The molecule has 0 N–H and O–H groups in total. The standard InChI is InChI=1S/C15H22O2.C4H2O3/c1-2-15(7-3-4-8-15)17-14(16)13-10-11-5-6-12(13)9-11;5-3-1-2-4(6)7-3/h5-6,11-13H,2-4,7-10H2,1H3;1-2H. The van der Waals surface area contributed by atoms with E-state index in [1.165, 1.54) is 19.3 Å². The highest BCUT2D eigenvalue weighted by Crippen LogP contribution is 2.45. The molecule has 2 saturated carbocycles. The van der Waals surface area contributed by atoms with Gasteiger partial charge in [-0.25, -0.2) is 9.59 Å². The molecular formula is C19H24O5. The normalized spacial score (nSPS) is 31.8. The van der Waals surface area contributed by atoms with Gasteiger partial charge in [-0.3, -0.25) is 4.79 Å². The molecule has 130 valence electrons. The molecule has 4 rings (SSSR count). The van der Waals surface area contributed by atoms with Crippen molar-refractivity contribution >= 4 is 17.9 Å². The van der Waals surface area contributed by atoms with Gasteiger partial charge in [0, 0.05) is 12.2 Å². The van der Waals surface area contributed by atoms with Crippen LogP contribution in [0.1, 0.15) is 51.9 Å². The molecule has 0 aromatic carbocycles. The summed E-state index contributed by atoms with van der Waals surface area (Å²) in [6, 6.07) is 0. The molecule has 1 heterocycles. The molecule has 3 aliphatic carbocycles. The molecule has 0 amide bonds. The predicted molar refractivity (Wildman–Crippen MR) is 86.7 cm³/mol. The Morgan fingerprint density at radius 3 is 2.25 bits per heavy atom. The van der Waals surface area contributed by atoms with Gasteiger partial charge in [0.2, 0.25) is 0 Å². The number of hydrogen-bond donors (Lipinski definition) is 0. The smallest absolute Gasteiger partial charge is 0.338 e. The third kappa shape index (κ3) is 3.60. The molecule has 2 fully saturated rings. The fourth-order valence-electron chi connectivity index (χ4n) is 4.19. The van der Waals surface area contributed by atoms with Crippen LogP contribution >= 0.6 is 0 Å². The number of esters is 3. The second-order valence-corrected chi connectivity index (χ2v) is 7.12. The number of fused-ring (bicyclic) bond motifs is 2. The van der Waals surface area contributed by atoms with Crippen molar-refractivity contribution in [2.45, 2.75) is 57.5 Å². The fraction of sp³-hybridized carbons (Fsp3) is 0.632. The van der Waals surface area contributed by atoms with Gasteiger partial charge < -0.3 is 9.47 Å². The van der Waals surface area contributed by atoms with Crippen molar-refractivity contribution in [3.8, 4) is 0 Å². The number of rotatable bonds is 3. The minimum absolute atomic E-state index is 0.0885. The van der Waals surface area contributed by atoms with E-state index in [0.29, 0.717) is 11.8 Å². The fourth-order valence-corrected chi connectivity index (χ4v) is 4.19. The third-order valence-corrected chi connectivity index (χ3v) is 5.61. The van der Waals surface area contributed by atoms with Crippen LogP contribution < -0.4 is 0 Å². The molecule has 4 aliphatic rings. The quantitative estimate of drug-likeness (QED) is 0.451. The summed E-state index contributed by atoms with van der Waals surface area (Å²) in [4.78, 5) is 32.1. The van der Waals surface area contributed by atoms with Crippen molar-refractivity contribution in [1.82, 2.24) is 0 Å². The number of carbonyl (C=O) groups excluding carboxylic acids is 3. The van der Waals surface area contributed by atoms with Crippen molar-refractivity contribution in [3.05, 3.63) is 24.3 Å². The van der Waals surface area contributed by atoms with Crippen LogP contribution in [0.2, 0.25) is 0 Å². The van der Waals surface area contributed by atoms with E-state index in [2.05, 4.69) is 23.8 Å². The molecular weight excluding hydrogens is 308 g/mol. The first-order chi connectivity index (χ1) is 11.5. The highest BCUT2D eigenvalue weighted by molar-refractivity contribution is 6.04. The van der Waals surface area contributed by atoms with Crippen molar-refractivity contribution in [3.63, 3.8) is 0 Å². The highest BCUT2D eigenvalue weighted by atomic mass is 16.6. The van der Waals surface area contributed by atoms with E-state index in [-0.39, 0.29) is 17.5 Å². The predicted octanol–water partition coefficient (Wildman–Crippen LogP) is 3.09. The van der Waals surface area contributed by atoms with Gasteiger partial charge in [0.1, 0.15) is 5.60 Å². The van der Waals surface area contributed by atoms with Crippen molar-refractivity contribution < 1.29 is 23.9 Å². The van der Waals surface area contributed by atoms with Gasteiger partial charge in [-0.2, -0.15) is 0 Å². The van der Waals surface area contributed by atoms with E-state index < -0.39 is 11.9 Å². The van der Waals surface area contributed by atoms with E-state index >= 15 is 0 Å². The summed E-state index contributed by atoms with van der Waals surface area (Å²) in [7, 11) is 0. The molecule has 0 spiro atoms. The number of ether oxygens (including phenoxy) is 2. The summed E-state index contributed by atoms with van der Waals surface area (Å²) in [6.07, 6.45) is 14.5. The molecule has 0 aromatic heterocycles. The monoisotopic (exact) mass is 332 g/mol. The largest absolute Gasteiger partial charge is 0.459 e. The van der Waals surface area contributed by atoms with E-state index in [1.54, 1.807) is 0 Å². The van der Waals surface area contributed by atoms with Crippen LogP contribution in [0.5, 0.6) is 0 Å². The first-order valence-corrected chi connectivity index (χ1v) is 8.86. The van der Waals surface area contributed by atoms with E-state index in [1.807, 2.05) is 0 Å². The Morgan fingerprint density at radius 1 is 1.17 bits per heavy atom. The first kappa shape index (κ1) is 16.9. The Bertz CT molecular complexity index is 567. The molecule has 0 radical (unpaired) electrons. The summed E-state index contributed by atoms with van der Waals surface area (Å²) in [5, 5.41) is 0. The Kier molecular flexibility index (Phi) is 4.88. The lowest BCUT2D eigenvalue weighted by atomic mass is 9.92. The Morgan fingerprint density at radius 2 is 1.83 bits per heavy atom. The number of allylic oxidation sites excluding steroid dienone is 2. The van der Waals surface area contributed by atoms with Crippen LogP contribution in [0, 0.1) is 17.8 Å². The number of cyclic esters (lactones) is 2. The van der Waals surface area contributed by atoms with Crippen LogP contribution in [-0.2, 0) is 23.9 Å². The van der Waals surface area contributed by atoms with Crippen molar-refractivity contribution in [2.24, 2.45) is 17.8 Å². The lowest BCUT2D eigenvalue weighted by Crippen LogP contribution is -2.35. The third-order valence-electron chi connectivity index (χ3n) is 5.61. The second kappa shape index (κ2) is 6.91. The molecule has 2 bridgehead atoms. The summed E-state index contributed by atoms with van der Waals surface area (Å²) >= 11 is 0. The first-order valence-electron chi connectivity index (χ1n) is 8.86. The van der Waals surface area contributed by atoms with Crippen LogP contribution in [0.25, 0.3) is 0 Å². The average Bonchev–Trinajstić information content (AvgIpc) is 3.33. The zero-order valence-corrected chi connectivity index (χ0v) is 14.0. The lowest BCUT2D eigenvalue weighted by molar-refractivity contribution is -0.166. The minimum Gasteiger partial charge on any atom is -0.459 e. The number of carbonyl (C=O) groups is 3. The zero-order valence-electron chi connectivity index (χ0n) is 14.0. The van der Waals surface area contributed by atoms with Crippen molar-refractivity contribution in [2.75, 3.05) is 0 Å². The average molecular weight is 332 g/mol. The molecule has 0 saturated heterocycles. The van der Waals surface area contributed by atoms with E-state index in [9.17, 15) is 14.4 Å². The Balaban J connectivity index is 0.000000203. The molecule has 0 aromatic rings. The van der Waals surface area contributed by atoms with E-state index in [4.69, 9.17) is 4.74 Å². The zero-order chi connectivity index (χ0) is 17.2. The van der Waals surface area contributed by atoms with Gasteiger partial charge in [0.25, 0.3) is 0 Å². The molecule has 3 unspecified atom stereocenters. The topological polar surface area (TPSA) is 69.7 Å². The molecule has 3 atom stereocenters. The van der Waals surface area contributed by atoms with Crippen LogP contribution in [0.3, 0.4) is 0 Å². The second-order valence-electron chi connectivity index (χ2n) is 7.12. The highest BCUT2D eigenvalue weighted by Gasteiger charge is 2.44. The summed E-state index contributed by atoms with van der Waals surface area (Å²) in [5.41, 5.74) is -0.109. The van der Waals surface area contributed by atoms with Crippen molar-refractivity contribution in [1.29, 1.82) is 0 Å². The van der Waals surface area contributed by atoms with Crippen LogP contribution in [-0.4, -0.2) is 23.5 Å². The van der Waals surface area contributed by atoms with Gasteiger partial charge >= 0.3 is 17.9 Å². The Labute approximate surface area is 142 Å². The lowest BCUT2D eigenvalue weighted by Gasteiger charge is -2.30. The van der Waals surface area contributed by atoms with Gasteiger partial charge in [-0.1, -0.05) is 19.1 Å². The number of hydrogen-bond acceptors (Lipinski definition) is 5. The minimum atomic E-state index is -0.579. The van der Waals surface area contributed by atoms with Crippen LogP contribution in [0.15, 0.2) is 24.3 Å². The summed E-state index contributed by atoms with van der Waals surface area (Å²) < 4.78 is 9.88. The summed E-state index contributed by atoms with van der Waals surface area (Å²) in [5.74, 6) is 0.219. The SMILES string of the molecule is CCC1(OC(=O)C2CC3C=CC2C3)CCCC1.O=C1C=CC(=O)O1. The Hall–Kier alpha value is -1.91. The maximum absolute atomic E-state index is 12.3. The van der Waals surface area contributed by atoms with Gasteiger partial charge in [0.15, 0.2) is 0 Å². The van der Waals surface area contributed by atoms with E-state index in [0.717, 1.165) is 37.8 Å². The summed E-state index contributed by atoms with van der Waals surface area (Å²) in [6.45, 7) is 2.15.